The molecule has 1 aromatic carbocycles. The zero-order valence-electron chi connectivity index (χ0n) is 13.4. The Bertz CT molecular complexity index is 651. The first kappa shape index (κ1) is 15.5. The van der Waals surface area contributed by atoms with Crippen molar-refractivity contribution >= 4 is 17.3 Å². The van der Waals surface area contributed by atoms with Gasteiger partial charge in [-0.2, -0.15) is 0 Å². The van der Waals surface area contributed by atoms with Crippen LogP contribution in [0.4, 0.5) is 11.4 Å². The van der Waals surface area contributed by atoms with Gasteiger partial charge in [-0.05, 0) is 30.8 Å². The van der Waals surface area contributed by atoms with Crippen LogP contribution in [0.15, 0.2) is 48.7 Å². The lowest BCUT2D eigenvalue weighted by molar-refractivity contribution is 0.0637. The van der Waals surface area contributed by atoms with Crippen LogP contribution >= 0.6 is 0 Å². The number of hydrogen-bond acceptors (Lipinski definition) is 4. The van der Waals surface area contributed by atoms with Crippen molar-refractivity contribution in [2.75, 3.05) is 38.0 Å². The molecule has 0 unspecified atom stereocenters. The standard InChI is InChI=1S/C18H22N4O/c1-2-21-10-12-22(13-11-21)18(23)17-14-16(8-9-19-17)20-15-6-4-3-5-7-15/h3-9,14H,2,10-13H2,1H3,(H,19,20). The van der Waals surface area contributed by atoms with Gasteiger partial charge in [-0.3, -0.25) is 9.78 Å². The molecule has 2 heterocycles. The highest BCUT2D eigenvalue weighted by Crippen LogP contribution is 2.17. The van der Waals surface area contributed by atoms with Crippen LogP contribution < -0.4 is 5.32 Å². The van der Waals surface area contributed by atoms with Crippen LogP contribution in [0.1, 0.15) is 17.4 Å². The Balaban J connectivity index is 1.68. The smallest absolute Gasteiger partial charge is 0.272 e. The van der Waals surface area contributed by atoms with Crippen LogP contribution in [0.3, 0.4) is 0 Å². The zero-order valence-corrected chi connectivity index (χ0v) is 13.4. The lowest BCUT2D eigenvalue weighted by atomic mass is 10.2. The number of likely N-dealkylation sites (N-methyl/N-ethyl adjacent to an activating group) is 1. The Labute approximate surface area is 136 Å². The second kappa shape index (κ2) is 7.24. The van der Waals surface area contributed by atoms with Crippen LogP contribution in [0.2, 0.25) is 0 Å². The van der Waals surface area contributed by atoms with Gasteiger partial charge in [0.2, 0.25) is 0 Å². The molecule has 1 aliphatic rings. The van der Waals surface area contributed by atoms with Gasteiger partial charge in [-0.25, -0.2) is 0 Å². The molecular weight excluding hydrogens is 288 g/mol. The molecule has 0 saturated carbocycles. The van der Waals surface area contributed by atoms with Gasteiger partial charge in [0.15, 0.2) is 0 Å². The molecule has 1 fully saturated rings. The second-order valence-corrected chi connectivity index (χ2v) is 5.65. The summed E-state index contributed by atoms with van der Waals surface area (Å²) in [7, 11) is 0. The fourth-order valence-corrected chi connectivity index (χ4v) is 2.74. The molecule has 5 nitrogen and oxygen atoms in total. The number of aromatic nitrogens is 1. The van der Waals surface area contributed by atoms with E-state index in [-0.39, 0.29) is 5.91 Å². The molecule has 0 radical (unpaired) electrons. The summed E-state index contributed by atoms with van der Waals surface area (Å²) in [5.74, 6) is 0.0115. The third kappa shape index (κ3) is 3.87. The predicted molar refractivity (Wildman–Crippen MR) is 92.0 cm³/mol. The third-order valence-electron chi connectivity index (χ3n) is 4.15. The Morgan fingerprint density at radius 2 is 1.83 bits per heavy atom. The van der Waals surface area contributed by atoms with Gasteiger partial charge in [-0.1, -0.05) is 25.1 Å². The van der Waals surface area contributed by atoms with Crippen molar-refractivity contribution in [3.05, 3.63) is 54.4 Å². The van der Waals surface area contributed by atoms with Crippen LogP contribution in [-0.2, 0) is 0 Å². The van der Waals surface area contributed by atoms with Gasteiger partial charge in [0.1, 0.15) is 5.69 Å². The fraction of sp³-hybridized carbons (Fsp3) is 0.333. The summed E-state index contributed by atoms with van der Waals surface area (Å²) in [6, 6.07) is 13.6. The van der Waals surface area contributed by atoms with Crippen LogP contribution in [-0.4, -0.2) is 53.4 Å². The molecule has 120 valence electrons. The van der Waals surface area contributed by atoms with Crippen molar-refractivity contribution in [1.82, 2.24) is 14.8 Å². The highest BCUT2D eigenvalue weighted by atomic mass is 16.2. The number of piperazine rings is 1. The quantitative estimate of drug-likeness (QED) is 0.943. The number of benzene rings is 1. The molecule has 1 amide bonds. The van der Waals surface area contributed by atoms with E-state index in [0.717, 1.165) is 44.1 Å². The normalized spacial score (nSPS) is 15.4. The minimum atomic E-state index is 0.0115. The predicted octanol–water partition coefficient (Wildman–Crippen LogP) is 2.60. The van der Waals surface area contributed by atoms with Gasteiger partial charge in [0.25, 0.3) is 5.91 Å². The monoisotopic (exact) mass is 310 g/mol. The summed E-state index contributed by atoms with van der Waals surface area (Å²) in [5.41, 5.74) is 2.37. The lowest BCUT2D eigenvalue weighted by Crippen LogP contribution is -2.48. The first-order chi connectivity index (χ1) is 11.3. The first-order valence-corrected chi connectivity index (χ1v) is 8.06. The van der Waals surface area contributed by atoms with Crippen LogP contribution in [0.25, 0.3) is 0 Å². The number of pyridine rings is 1. The molecule has 1 aromatic heterocycles. The molecular formula is C18H22N4O. The van der Waals surface area contributed by atoms with Crippen molar-refractivity contribution in [3.63, 3.8) is 0 Å². The van der Waals surface area contributed by atoms with Crippen molar-refractivity contribution in [2.45, 2.75) is 6.92 Å². The van der Waals surface area contributed by atoms with Crippen LogP contribution in [0.5, 0.6) is 0 Å². The Kier molecular flexibility index (Phi) is 4.88. The lowest BCUT2D eigenvalue weighted by Gasteiger charge is -2.33. The number of rotatable bonds is 4. The van der Waals surface area contributed by atoms with Gasteiger partial charge >= 0.3 is 0 Å². The van der Waals surface area contributed by atoms with E-state index in [2.05, 4.69) is 22.1 Å². The summed E-state index contributed by atoms with van der Waals surface area (Å²) in [6.45, 7) is 6.60. The largest absolute Gasteiger partial charge is 0.355 e. The third-order valence-corrected chi connectivity index (χ3v) is 4.15. The highest BCUT2D eigenvalue weighted by Gasteiger charge is 2.22. The zero-order chi connectivity index (χ0) is 16.1. The molecule has 3 rings (SSSR count). The maximum atomic E-state index is 12.6. The fourth-order valence-electron chi connectivity index (χ4n) is 2.74. The van der Waals surface area contributed by atoms with Crippen molar-refractivity contribution in [1.29, 1.82) is 0 Å². The van der Waals surface area contributed by atoms with E-state index in [1.165, 1.54) is 0 Å². The number of carbonyl (C=O) groups excluding carboxylic acids is 1. The molecule has 5 heteroatoms. The van der Waals surface area contributed by atoms with Gasteiger partial charge in [0, 0.05) is 43.8 Å². The molecule has 1 aliphatic heterocycles. The molecule has 1 N–H and O–H groups in total. The number of carbonyl (C=O) groups is 1. The number of para-hydroxylation sites is 1. The van der Waals surface area contributed by atoms with E-state index in [4.69, 9.17) is 0 Å². The average molecular weight is 310 g/mol. The summed E-state index contributed by atoms with van der Waals surface area (Å²) < 4.78 is 0. The van der Waals surface area contributed by atoms with E-state index in [9.17, 15) is 4.79 Å². The summed E-state index contributed by atoms with van der Waals surface area (Å²) in [4.78, 5) is 21.1. The van der Waals surface area contributed by atoms with Crippen molar-refractivity contribution < 1.29 is 4.79 Å². The number of amides is 1. The van der Waals surface area contributed by atoms with Gasteiger partial charge < -0.3 is 15.1 Å². The van der Waals surface area contributed by atoms with Gasteiger partial charge in [-0.15, -0.1) is 0 Å². The first-order valence-electron chi connectivity index (χ1n) is 8.06. The maximum Gasteiger partial charge on any atom is 0.272 e. The van der Waals surface area contributed by atoms with E-state index < -0.39 is 0 Å². The van der Waals surface area contributed by atoms with E-state index >= 15 is 0 Å². The number of nitrogens with one attached hydrogen (secondary N) is 1. The summed E-state index contributed by atoms with van der Waals surface area (Å²) >= 11 is 0. The molecule has 1 saturated heterocycles. The van der Waals surface area contributed by atoms with Crippen molar-refractivity contribution in [3.8, 4) is 0 Å². The Morgan fingerprint density at radius 1 is 1.09 bits per heavy atom. The average Bonchev–Trinajstić information content (AvgIpc) is 2.62. The Hall–Kier alpha value is -2.40. The molecule has 0 spiro atoms. The summed E-state index contributed by atoms with van der Waals surface area (Å²) in [5, 5.41) is 3.30. The van der Waals surface area contributed by atoms with Gasteiger partial charge in [0.05, 0.1) is 0 Å². The second-order valence-electron chi connectivity index (χ2n) is 5.65. The summed E-state index contributed by atoms with van der Waals surface area (Å²) in [6.07, 6.45) is 1.68. The minimum Gasteiger partial charge on any atom is -0.355 e. The van der Waals surface area contributed by atoms with Crippen LogP contribution in [0, 0.1) is 0 Å². The number of nitrogens with zero attached hydrogens (tertiary/aromatic N) is 3. The Morgan fingerprint density at radius 3 is 2.52 bits per heavy atom. The number of hydrogen-bond donors (Lipinski definition) is 1. The SMILES string of the molecule is CCN1CCN(C(=O)c2cc(Nc3ccccc3)ccn2)CC1. The van der Waals surface area contributed by atoms with E-state index in [1.807, 2.05) is 47.4 Å². The molecule has 2 aromatic rings. The topological polar surface area (TPSA) is 48.5 Å². The molecule has 0 atom stereocenters. The molecule has 23 heavy (non-hydrogen) atoms. The van der Waals surface area contributed by atoms with Crippen molar-refractivity contribution in [2.24, 2.45) is 0 Å². The maximum absolute atomic E-state index is 12.6. The number of anilines is 2. The van der Waals surface area contributed by atoms with E-state index in [1.54, 1.807) is 6.20 Å². The molecule has 0 aliphatic carbocycles. The highest BCUT2D eigenvalue weighted by molar-refractivity contribution is 5.93. The molecule has 0 bridgehead atoms. The minimum absolute atomic E-state index is 0.0115. The van der Waals surface area contributed by atoms with E-state index in [0.29, 0.717) is 5.69 Å².